The zero-order chi connectivity index (χ0) is 17.8. The summed E-state index contributed by atoms with van der Waals surface area (Å²) >= 11 is 0. The number of rotatable bonds is 5. The Morgan fingerprint density at radius 2 is 1.72 bits per heavy atom. The molecule has 25 heavy (non-hydrogen) atoms. The van der Waals surface area contributed by atoms with Crippen LogP contribution in [0.1, 0.15) is 13.3 Å². The van der Waals surface area contributed by atoms with Crippen LogP contribution in [0.25, 0.3) is 0 Å². The van der Waals surface area contributed by atoms with Gasteiger partial charge in [0.05, 0.1) is 12.6 Å². The highest BCUT2D eigenvalue weighted by Gasteiger charge is 2.24. The minimum Gasteiger partial charge on any atom is -0.392 e. The van der Waals surface area contributed by atoms with Crippen LogP contribution in [0.2, 0.25) is 0 Å². The van der Waals surface area contributed by atoms with E-state index in [1.165, 1.54) is 0 Å². The molecule has 3 rings (SSSR count). The lowest BCUT2D eigenvalue weighted by atomic mass is 10.2. The van der Waals surface area contributed by atoms with Crippen molar-refractivity contribution in [1.82, 2.24) is 19.8 Å². The van der Waals surface area contributed by atoms with Gasteiger partial charge in [0, 0.05) is 58.9 Å². The number of anilines is 2. The van der Waals surface area contributed by atoms with Gasteiger partial charge in [-0.25, -0.2) is 9.97 Å². The van der Waals surface area contributed by atoms with Crippen molar-refractivity contribution in [3.8, 4) is 0 Å². The predicted molar refractivity (Wildman–Crippen MR) is 96.8 cm³/mol. The first-order valence-corrected chi connectivity index (χ1v) is 9.03. The Kier molecular flexibility index (Phi) is 5.70. The van der Waals surface area contributed by atoms with Crippen molar-refractivity contribution in [2.45, 2.75) is 19.4 Å². The van der Waals surface area contributed by atoms with Gasteiger partial charge in [-0.05, 0) is 6.42 Å². The van der Waals surface area contributed by atoms with Crippen LogP contribution in [0.5, 0.6) is 0 Å². The second kappa shape index (κ2) is 7.97. The third-order valence-corrected chi connectivity index (χ3v) is 5.06. The van der Waals surface area contributed by atoms with E-state index in [1.807, 2.05) is 24.9 Å². The zero-order valence-corrected chi connectivity index (χ0v) is 15.1. The molecule has 8 heteroatoms. The van der Waals surface area contributed by atoms with Gasteiger partial charge in [-0.15, -0.1) is 0 Å². The molecule has 1 amide bonds. The minimum absolute atomic E-state index is 0.120. The van der Waals surface area contributed by atoms with Gasteiger partial charge in [0.2, 0.25) is 5.91 Å². The van der Waals surface area contributed by atoms with Crippen LogP contribution in [0.4, 0.5) is 11.6 Å². The van der Waals surface area contributed by atoms with Crippen LogP contribution in [-0.2, 0) is 4.79 Å². The summed E-state index contributed by atoms with van der Waals surface area (Å²) in [5.74, 6) is 1.84. The molecule has 8 nitrogen and oxygen atoms in total. The van der Waals surface area contributed by atoms with E-state index < -0.39 is 0 Å². The van der Waals surface area contributed by atoms with Crippen LogP contribution in [0, 0.1) is 0 Å². The van der Waals surface area contributed by atoms with Crippen LogP contribution >= 0.6 is 0 Å². The summed E-state index contributed by atoms with van der Waals surface area (Å²) in [5, 5.41) is 9.80. The molecule has 3 heterocycles. The summed E-state index contributed by atoms with van der Waals surface area (Å²) in [6.45, 7) is 8.23. The molecule has 1 aromatic heterocycles. The lowest BCUT2D eigenvalue weighted by Crippen LogP contribution is -2.49. The number of carbonyl (C=O) groups is 1. The number of aliphatic hydroxyl groups excluding tert-OH is 1. The maximum absolute atomic E-state index is 11.9. The standard InChI is InChI=1S/C17H28N6O2/c1-3-14(24)11-21-5-8-22(9-6-21)15-10-16(19-13-18-15)23-7-4-20(2)17(25)12-23/h10,13-14,24H,3-9,11-12H2,1-2H3. The summed E-state index contributed by atoms with van der Waals surface area (Å²) in [7, 11) is 1.83. The Hall–Kier alpha value is -1.93. The summed E-state index contributed by atoms with van der Waals surface area (Å²) in [6, 6.07) is 1.98. The van der Waals surface area contributed by atoms with Gasteiger partial charge < -0.3 is 19.8 Å². The van der Waals surface area contributed by atoms with Crippen molar-refractivity contribution in [1.29, 1.82) is 0 Å². The van der Waals surface area contributed by atoms with E-state index in [-0.39, 0.29) is 12.0 Å². The van der Waals surface area contributed by atoms with E-state index in [9.17, 15) is 9.90 Å². The van der Waals surface area contributed by atoms with E-state index in [0.717, 1.165) is 63.9 Å². The van der Waals surface area contributed by atoms with E-state index in [2.05, 4.69) is 19.8 Å². The first kappa shape index (κ1) is 17.9. The molecule has 2 aliphatic heterocycles. The average Bonchev–Trinajstić information content (AvgIpc) is 2.64. The number of piperazine rings is 2. The third kappa shape index (κ3) is 4.38. The highest BCUT2D eigenvalue weighted by atomic mass is 16.3. The maximum Gasteiger partial charge on any atom is 0.241 e. The average molecular weight is 348 g/mol. The molecule has 0 spiro atoms. The van der Waals surface area contributed by atoms with Crippen molar-refractivity contribution in [2.75, 3.05) is 69.2 Å². The Morgan fingerprint density at radius 1 is 1.08 bits per heavy atom. The van der Waals surface area contributed by atoms with Crippen LogP contribution in [0.15, 0.2) is 12.4 Å². The van der Waals surface area contributed by atoms with Gasteiger partial charge >= 0.3 is 0 Å². The maximum atomic E-state index is 11.9. The molecule has 0 radical (unpaired) electrons. The van der Waals surface area contributed by atoms with E-state index in [4.69, 9.17) is 0 Å². The van der Waals surface area contributed by atoms with E-state index in [0.29, 0.717) is 6.54 Å². The molecule has 1 N–H and O–H groups in total. The molecule has 2 fully saturated rings. The summed E-state index contributed by atoms with van der Waals surface area (Å²) < 4.78 is 0. The largest absolute Gasteiger partial charge is 0.392 e. The first-order chi connectivity index (χ1) is 12.1. The van der Waals surface area contributed by atoms with Crippen LogP contribution in [-0.4, -0.2) is 96.3 Å². The predicted octanol–water partition coefficient (Wildman–Crippen LogP) is -0.352. The molecular formula is C17H28N6O2. The molecule has 1 aromatic rings. The number of β-amino-alcohol motifs (C(OH)–C–C–N with tert-alkyl or cyclic N) is 1. The molecule has 1 atom stereocenters. The fourth-order valence-electron chi connectivity index (χ4n) is 3.22. The van der Waals surface area contributed by atoms with Crippen molar-refractivity contribution in [3.05, 3.63) is 12.4 Å². The normalized spacial score (nSPS) is 20.9. The van der Waals surface area contributed by atoms with Gasteiger partial charge in [-0.2, -0.15) is 0 Å². The number of hydrogen-bond acceptors (Lipinski definition) is 7. The number of carbonyl (C=O) groups excluding carboxylic acids is 1. The summed E-state index contributed by atoms with van der Waals surface area (Å²) in [4.78, 5) is 29.0. The van der Waals surface area contributed by atoms with Gasteiger partial charge in [0.25, 0.3) is 0 Å². The quantitative estimate of drug-likeness (QED) is 0.779. The van der Waals surface area contributed by atoms with Gasteiger partial charge in [0.15, 0.2) is 0 Å². The second-order valence-corrected chi connectivity index (χ2v) is 6.82. The Labute approximate surface area is 149 Å². The topological polar surface area (TPSA) is 76.0 Å². The SMILES string of the molecule is CCC(O)CN1CCN(c2cc(N3CCN(C)C(=O)C3)ncn2)CC1. The lowest BCUT2D eigenvalue weighted by Gasteiger charge is -2.37. The smallest absolute Gasteiger partial charge is 0.241 e. The molecule has 0 bridgehead atoms. The minimum atomic E-state index is -0.244. The summed E-state index contributed by atoms with van der Waals surface area (Å²) in [5.41, 5.74) is 0. The molecular weight excluding hydrogens is 320 g/mol. The second-order valence-electron chi connectivity index (χ2n) is 6.82. The van der Waals surface area contributed by atoms with Crippen molar-refractivity contribution < 1.29 is 9.90 Å². The fourth-order valence-corrected chi connectivity index (χ4v) is 3.22. The summed E-state index contributed by atoms with van der Waals surface area (Å²) in [6.07, 6.45) is 2.13. The lowest BCUT2D eigenvalue weighted by molar-refractivity contribution is -0.129. The molecule has 0 aliphatic carbocycles. The van der Waals surface area contributed by atoms with Crippen molar-refractivity contribution >= 4 is 17.5 Å². The van der Waals surface area contributed by atoms with Crippen molar-refractivity contribution in [3.63, 3.8) is 0 Å². The number of hydrogen-bond donors (Lipinski definition) is 1. The number of aromatic nitrogens is 2. The monoisotopic (exact) mass is 348 g/mol. The molecule has 0 saturated carbocycles. The highest BCUT2D eigenvalue weighted by Crippen LogP contribution is 2.20. The third-order valence-electron chi connectivity index (χ3n) is 5.06. The van der Waals surface area contributed by atoms with Gasteiger partial charge in [-0.1, -0.05) is 6.92 Å². The van der Waals surface area contributed by atoms with Gasteiger partial charge in [-0.3, -0.25) is 9.69 Å². The molecule has 2 aliphatic rings. The Morgan fingerprint density at radius 3 is 2.36 bits per heavy atom. The highest BCUT2D eigenvalue weighted by molar-refractivity contribution is 5.82. The molecule has 0 aromatic carbocycles. The number of aliphatic hydroxyl groups is 1. The van der Waals surface area contributed by atoms with E-state index in [1.54, 1.807) is 11.2 Å². The zero-order valence-electron chi connectivity index (χ0n) is 15.1. The van der Waals surface area contributed by atoms with Crippen LogP contribution in [0.3, 0.4) is 0 Å². The number of likely N-dealkylation sites (N-methyl/N-ethyl adjacent to an activating group) is 1. The molecule has 2 saturated heterocycles. The number of amides is 1. The Bertz CT molecular complexity index is 590. The van der Waals surface area contributed by atoms with Gasteiger partial charge in [0.1, 0.15) is 18.0 Å². The van der Waals surface area contributed by atoms with Crippen LogP contribution < -0.4 is 9.80 Å². The number of nitrogens with zero attached hydrogens (tertiary/aromatic N) is 6. The Balaban J connectivity index is 1.60. The molecule has 138 valence electrons. The first-order valence-electron chi connectivity index (χ1n) is 9.03. The fraction of sp³-hybridized carbons (Fsp3) is 0.706. The van der Waals surface area contributed by atoms with E-state index >= 15 is 0 Å². The molecule has 1 unspecified atom stereocenters. The van der Waals surface area contributed by atoms with Crippen molar-refractivity contribution in [2.24, 2.45) is 0 Å².